The van der Waals surface area contributed by atoms with Gasteiger partial charge in [-0.25, -0.2) is 4.98 Å². The molecule has 0 N–H and O–H groups in total. The number of fused-ring (bicyclic) bond motifs is 1. The smallest absolute Gasteiger partial charge is 0.256 e. The number of carbonyl (C=O) groups is 1. The van der Waals surface area contributed by atoms with E-state index in [0.29, 0.717) is 29.3 Å². The number of nitrogens with zero attached hydrogens (tertiary/aromatic N) is 6. The fourth-order valence-electron chi connectivity index (χ4n) is 5.00. The maximum Gasteiger partial charge on any atom is 0.256 e. The van der Waals surface area contributed by atoms with Gasteiger partial charge in [0.05, 0.1) is 54.4 Å². The van der Waals surface area contributed by atoms with E-state index in [2.05, 4.69) is 21.7 Å². The van der Waals surface area contributed by atoms with E-state index in [1.807, 2.05) is 49.2 Å². The molecule has 1 aliphatic rings. The van der Waals surface area contributed by atoms with Crippen LogP contribution in [0.2, 0.25) is 0 Å². The maximum atomic E-state index is 14.0. The van der Waals surface area contributed by atoms with Gasteiger partial charge in [0.1, 0.15) is 5.82 Å². The van der Waals surface area contributed by atoms with Crippen molar-refractivity contribution in [3.05, 3.63) is 59.7 Å². The fraction of sp³-hybridized carbons (Fsp3) is 0.360. The molecule has 1 saturated heterocycles. The third-order valence-electron chi connectivity index (χ3n) is 6.77. The van der Waals surface area contributed by atoms with E-state index in [1.165, 1.54) is 4.80 Å². The van der Waals surface area contributed by atoms with Crippen LogP contribution in [0.5, 0.6) is 11.5 Å². The molecule has 176 valence electrons. The Labute approximate surface area is 197 Å². The molecule has 0 radical (unpaired) electrons. The lowest BCUT2D eigenvalue weighted by Crippen LogP contribution is -2.44. The number of methoxy groups -OCH3 is 2. The molecule has 5 rings (SSSR count). The minimum atomic E-state index is -0.579. The molecule has 1 fully saturated rings. The van der Waals surface area contributed by atoms with Gasteiger partial charge in [-0.15, -0.1) is 0 Å². The van der Waals surface area contributed by atoms with Crippen molar-refractivity contribution in [2.24, 2.45) is 7.05 Å². The zero-order valence-corrected chi connectivity index (χ0v) is 20.1. The average Bonchev–Trinajstić information content (AvgIpc) is 3.58. The van der Waals surface area contributed by atoms with Crippen LogP contribution in [0.25, 0.3) is 16.7 Å². The molecule has 1 amide bonds. The van der Waals surface area contributed by atoms with Gasteiger partial charge in [0.25, 0.3) is 5.91 Å². The van der Waals surface area contributed by atoms with Crippen molar-refractivity contribution in [2.45, 2.75) is 32.2 Å². The van der Waals surface area contributed by atoms with Crippen molar-refractivity contribution in [3.8, 4) is 17.2 Å². The summed E-state index contributed by atoms with van der Waals surface area (Å²) in [7, 11) is 5.21. The van der Waals surface area contributed by atoms with Crippen LogP contribution in [0, 0.1) is 6.92 Å². The van der Waals surface area contributed by atoms with Crippen molar-refractivity contribution in [2.75, 3.05) is 20.8 Å². The minimum absolute atomic E-state index is 0.0572. The highest BCUT2D eigenvalue weighted by atomic mass is 16.5. The number of amides is 1. The number of imidazole rings is 1. The van der Waals surface area contributed by atoms with Gasteiger partial charge >= 0.3 is 0 Å². The number of benzene rings is 2. The van der Waals surface area contributed by atoms with Crippen LogP contribution >= 0.6 is 0 Å². The first-order valence-electron chi connectivity index (χ1n) is 11.3. The van der Waals surface area contributed by atoms with E-state index < -0.39 is 5.54 Å². The summed E-state index contributed by atoms with van der Waals surface area (Å²) >= 11 is 0. The predicted octanol–water partition coefficient (Wildman–Crippen LogP) is 3.63. The zero-order chi connectivity index (χ0) is 24.0. The van der Waals surface area contributed by atoms with E-state index in [-0.39, 0.29) is 5.91 Å². The summed E-state index contributed by atoms with van der Waals surface area (Å²) in [6.45, 7) is 4.72. The number of hydrogen-bond acceptors (Lipinski definition) is 6. The number of ether oxygens (including phenoxy) is 2. The molecule has 1 unspecified atom stereocenters. The van der Waals surface area contributed by atoms with E-state index >= 15 is 0 Å². The third kappa shape index (κ3) is 3.30. The Morgan fingerprint density at radius 2 is 1.76 bits per heavy atom. The first-order valence-corrected chi connectivity index (χ1v) is 11.3. The molecule has 0 bridgehead atoms. The topological polar surface area (TPSA) is 87.3 Å². The van der Waals surface area contributed by atoms with E-state index in [4.69, 9.17) is 14.5 Å². The maximum absolute atomic E-state index is 14.0. The Morgan fingerprint density at radius 1 is 1.06 bits per heavy atom. The number of likely N-dealkylation sites (tertiary alicyclic amines) is 1. The monoisotopic (exact) mass is 460 g/mol. The van der Waals surface area contributed by atoms with Crippen LogP contribution in [0.3, 0.4) is 0 Å². The first kappa shape index (κ1) is 21.9. The minimum Gasteiger partial charge on any atom is -0.493 e. The van der Waals surface area contributed by atoms with Crippen molar-refractivity contribution < 1.29 is 14.3 Å². The van der Waals surface area contributed by atoms with Gasteiger partial charge in [0.2, 0.25) is 0 Å². The van der Waals surface area contributed by atoms with E-state index in [9.17, 15) is 4.79 Å². The molecule has 1 aliphatic heterocycles. The van der Waals surface area contributed by atoms with Crippen LogP contribution in [0.1, 0.15) is 41.5 Å². The summed E-state index contributed by atoms with van der Waals surface area (Å²) < 4.78 is 13.0. The van der Waals surface area contributed by atoms with Crippen molar-refractivity contribution in [3.63, 3.8) is 0 Å². The summed E-state index contributed by atoms with van der Waals surface area (Å²) in [5, 5.41) is 8.50. The second-order valence-corrected chi connectivity index (χ2v) is 8.86. The average molecular weight is 461 g/mol. The lowest BCUT2D eigenvalue weighted by atomic mass is 9.96. The summed E-state index contributed by atoms with van der Waals surface area (Å²) in [6, 6.07) is 9.57. The Bertz CT molecular complexity index is 1380. The SMILES string of the molecule is COc1cc2nc(C3(C)CCCN3C(=O)c3cc(C)ccc3-n3nccn3)n(C)c2cc1OC. The molecular formula is C25H28N6O3. The quantitative estimate of drug-likeness (QED) is 0.452. The third-order valence-corrected chi connectivity index (χ3v) is 6.77. The number of aryl methyl sites for hydroxylation is 2. The second kappa shape index (κ2) is 8.16. The summed E-state index contributed by atoms with van der Waals surface area (Å²) in [5.41, 5.74) is 3.38. The summed E-state index contributed by atoms with van der Waals surface area (Å²) in [4.78, 5) is 22.4. The Balaban J connectivity index is 1.61. The normalized spacial score (nSPS) is 18.0. The Hall–Kier alpha value is -3.88. The Morgan fingerprint density at radius 3 is 2.47 bits per heavy atom. The van der Waals surface area contributed by atoms with Crippen LogP contribution in [-0.2, 0) is 12.6 Å². The lowest BCUT2D eigenvalue weighted by Gasteiger charge is -2.35. The summed E-state index contributed by atoms with van der Waals surface area (Å²) in [6.07, 6.45) is 4.91. The first-order chi connectivity index (χ1) is 16.4. The van der Waals surface area contributed by atoms with Gasteiger partial charge in [-0.05, 0) is 38.8 Å². The molecule has 0 spiro atoms. The molecule has 0 saturated carbocycles. The number of rotatable bonds is 5. The fourth-order valence-corrected chi connectivity index (χ4v) is 5.00. The van der Waals surface area contributed by atoms with Gasteiger partial charge in [0.15, 0.2) is 11.5 Å². The highest BCUT2D eigenvalue weighted by molar-refractivity contribution is 5.98. The van der Waals surface area contributed by atoms with Crippen molar-refractivity contribution in [1.82, 2.24) is 29.4 Å². The Kier molecular flexibility index (Phi) is 5.27. The molecule has 3 heterocycles. The van der Waals surface area contributed by atoms with Crippen LogP contribution in [-0.4, -0.2) is 56.1 Å². The van der Waals surface area contributed by atoms with Gasteiger partial charge in [-0.3, -0.25) is 4.79 Å². The number of carbonyl (C=O) groups excluding carboxylic acids is 1. The molecular weight excluding hydrogens is 432 g/mol. The molecule has 4 aromatic rings. The van der Waals surface area contributed by atoms with Gasteiger partial charge in [-0.2, -0.15) is 15.0 Å². The number of aromatic nitrogens is 5. The van der Waals surface area contributed by atoms with Crippen LogP contribution < -0.4 is 9.47 Å². The van der Waals surface area contributed by atoms with Crippen molar-refractivity contribution in [1.29, 1.82) is 0 Å². The summed E-state index contributed by atoms with van der Waals surface area (Å²) in [5.74, 6) is 2.04. The van der Waals surface area contributed by atoms with E-state index in [1.54, 1.807) is 26.6 Å². The van der Waals surface area contributed by atoms with Gasteiger partial charge in [-0.1, -0.05) is 11.6 Å². The van der Waals surface area contributed by atoms with E-state index in [0.717, 1.165) is 35.3 Å². The molecule has 1 atom stereocenters. The number of hydrogen-bond donors (Lipinski definition) is 0. The van der Waals surface area contributed by atoms with Gasteiger partial charge in [0, 0.05) is 25.7 Å². The van der Waals surface area contributed by atoms with Crippen LogP contribution in [0.4, 0.5) is 0 Å². The predicted molar refractivity (Wildman–Crippen MR) is 128 cm³/mol. The highest BCUT2D eigenvalue weighted by Gasteiger charge is 2.45. The highest BCUT2D eigenvalue weighted by Crippen LogP contribution is 2.41. The zero-order valence-electron chi connectivity index (χ0n) is 20.1. The molecule has 9 nitrogen and oxygen atoms in total. The molecule has 2 aromatic heterocycles. The van der Waals surface area contributed by atoms with Crippen molar-refractivity contribution >= 4 is 16.9 Å². The molecule has 2 aromatic carbocycles. The van der Waals surface area contributed by atoms with Crippen LogP contribution in [0.15, 0.2) is 42.7 Å². The largest absolute Gasteiger partial charge is 0.493 e. The van der Waals surface area contributed by atoms with Gasteiger partial charge < -0.3 is 18.9 Å². The standard InChI is InChI=1S/C25H28N6O3/c1-16-7-8-19(31-26-10-11-27-31)17(13-16)23(32)30-12-6-9-25(30,2)24-28-18-14-21(33-4)22(34-5)15-20(18)29(24)3/h7-8,10-11,13-15H,6,9,12H2,1-5H3. The molecule has 0 aliphatic carbocycles. The molecule has 34 heavy (non-hydrogen) atoms. The lowest BCUT2D eigenvalue weighted by molar-refractivity contribution is 0.0599. The molecule has 9 heteroatoms. The second-order valence-electron chi connectivity index (χ2n) is 8.86.